The molecule has 8 heteroatoms. The SMILES string of the molecule is Cc1cc(C)n(CCCN=C(N)Nc2ccc3c(c2)OCCCO3)n1.I. The Labute approximate surface area is 171 Å². The van der Waals surface area contributed by atoms with Crippen LogP contribution in [0.4, 0.5) is 5.69 Å². The summed E-state index contributed by atoms with van der Waals surface area (Å²) in [6, 6.07) is 7.76. The van der Waals surface area contributed by atoms with Gasteiger partial charge in [-0.05, 0) is 38.5 Å². The number of halogens is 1. The lowest BCUT2D eigenvalue weighted by Gasteiger charge is -2.10. The third-order valence-corrected chi connectivity index (χ3v) is 3.93. The molecule has 0 aliphatic carbocycles. The highest BCUT2D eigenvalue weighted by molar-refractivity contribution is 14.0. The minimum absolute atomic E-state index is 0. The number of nitrogens with two attached hydrogens (primary N) is 1. The number of aromatic nitrogens is 2. The predicted octanol–water partition coefficient (Wildman–Crippen LogP) is 3.10. The fourth-order valence-corrected chi connectivity index (χ4v) is 2.75. The highest BCUT2D eigenvalue weighted by atomic mass is 127. The van der Waals surface area contributed by atoms with E-state index in [1.54, 1.807) is 0 Å². The lowest BCUT2D eigenvalue weighted by Crippen LogP contribution is -2.23. The third kappa shape index (κ3) is 5.52. The van der Waals surface area contributed by atoms with Crippen LogP contribution in [-0.4, -0.2) is 35.5 Å². The van der Waals surface area contributed by atoms with Crippen molar-refractivity contribution in [2.75, 3.05) is 25.1 Å². The Balaban J connectivity index is 0.00000243. The van der Waals surface area contributed by atoms with Crippen molar-refractivity contribution in [2.24, 2.45) is 10.7 Å². The molecule has 3 N–H and O–H groups in total. The summed E-state index contributed by atoms with van der Waals surface area (Å²) in [6.07, 6.45) is 1.77. The van der Waals surface area contributed by atoms with Gasteiger partial charge < -0.3 is 20.5 Å². The van der Waals surface area contributed by atoms with E-state index in [0.29, 0.717) is 25.7 Å². The molecular formula is C18H26IN5O2. The molecule has 0 saturated heterocycles. The first kappa shape index (κ1) is 20.3. The molecule has 2 heterocycles. The Bertz CT molecular complexity index is 760. The Morgan fingerprint density at radius 2 is 2.00 bits per heavy atom. The minimum atomic E-state index is 0. The second-order valence-corrected chi connectivity index (χ2v) is 6.11. The zero-order valence-corrected chi connectivity index (χ0v) is 17.5. The number of rotatable bonds is 5. The molecule has 0 spiro atoms. The smallest absolute Gasteiger partial charge is 0.193 e. The van der Waals surface area contributed by atoms with Crippen molar-refractivity contribution in [3.05, 3.63) is 35.7 Å². The molecule has 7 nitrogen and oxygen atoms in total. The molecule has 26 heavy (non-hydrogen) atoms. The summed E-state index contributed by atoms with van der Waals surface area (Å²) in [5, 5.41) is 7.54. The number of nitrogens with zero attached hydrogens (tertiary/aromatic N) is 3. The molecule has 1 aromatic carbocycles. The van der Waals surface area contributed by atoms with Crippen LogP contribution in [0.15, 0.2) is 29.3 Å². The molecule has 0 fully saturated rings. The number of hydrogen-bond donors (Lipinski definition) is 2. The Morgan fingerprint density at radius 1 is 1.23 bits per heavy atom. The van der Waals surface area contributed by atoms with E-state index in [0.717, 1.165) is 42.3 Å². The lowest BCUT2D eigenvalue weighted by atomic mass is 10.3. The van der Waals surface area contributed by atoms with E-state index in [9.17, 15) is 0 Å². The molecule has 0 unspecified atom stereocenters. The standard InChI is InChI=1S/C18H25N5O2.HI/c1-13-11-14(2)23(22-13)8-3-7-20-18(19)21-15-5-6-16-17(12-15)25-10-4-9-24-16;/h5-6,11-12H,3-4,7-10H2,1-2H3,(H3,19,20,21);1H. The van der Waals surface area contributed by atoms with Gasteiger partial charge in [0.05, 0.1) is 18.9 Å². The fourth-order valence-electron chi connectivity index (χ4n) is 2.75. The number of aryl methyl sites for hydroxylation is 3. The van der Waals surface area contributed by atoms with Crippen molar-refractivity contribution in [3.8, 4) is 11.5 Å². The van der Waals surface area contributed by atoms with Crippen molar-refractivity contribution in [2.45, 2.75) is 33.2 Å². The summed E-state index contributed by atoms with van der Waals surface area (Å²) in [5.74, 6) is 1.89. The summed E-state index contributed by atoms with van der Waals surface area (Å²) in [4.78, 5) is 4.37. The lowest BCUT2D eigenvalue weighted by molar-refractivity contribution is 0.297. The van der Waals surface area contributed by atoms with Gasteiger partial charge in [-0.1, -0.05) is 0 Å². The number of benzene rings is 1. The molecule has 0 radical (unpaired) electrons. The summed E-state index contributed by atoms with van der Waals surface area (Å²) in [6.45, 7) is 6.87. The van der Waals surface area contributed by atoms with Crippen molar-refractivity contribution in [1.82, 2.24) is 9.78 Å². The molecule has 2 aromatic rings. The second-order valence-electron chi connectivity index (χ2n) is 6.11. The van der Waals surface area contributed by atoms with Gasteiger partial charge in [-0.2, -0.15) is 5.10 Å². The van der Waals surface area contributed by atoms with Gasteiger partial charge in [0, 0.05) is 37.0 Å². The number of aliphatic imine (C=N–C) groups is 1. The van der Waals surface area contributed by atoms with Gasteiger partial charge in [0.15, 0.2) is 17.5 Å². The van der Waals surface area contributed by atoms with Crippen LogP contribution >= 0.6 is 24.0 Å². The minimum Gasteiger partial charge on any atom is -0.490 e. The zero-order chi connectivity index (χ0) is 17.6. The number of ether oxygens (including phenoxy) is 2. The second kappa shape index (κ2) is 9.65. The topological polar surface area (TPSA) is 86.7 Å². The van der Waals surface area contributed by atoms with Crippen LogP contribution in [0.5, 0.6) is 11.5 Å². The van der Waals surface area contributed by atoms with E-state index in [1.807, 2.05) is 29.8 Å². The van der Waals surface area contributed by atoms with E-state index < -0.39 is 0 Å². The van der Waals surface area contributed by atoms with Crippen LogP contribution in [0.3, 0.4) is 0 Å². The largest absolute Gasteiger partial charge is 0.490 e. The van der Waals surface area contributed by atoms with Gasteiger partial charge in [0.1, 0.15) is 0 Å². The maximum Gasteiger partial charge on any atom is 0.193 e. The quantitative estimate of drug-likeness (QED) is 0.303. The van der Waals surface area contributed by atoms with Crippen LogP contribution in [-0.2, 0) is 6.54 Å². The maximum absolute atomic E-state index is 5.97. The molecule has 0 atom stereocenters. The van der Waals surface area contributed by atoms with Gasteiger partial charge in [0.25, 0.3) is 0 Å². The predicted molar refractivity (Wildman–Crippen MR) is 114 cm³/mol. The molecule has 3 rings (SSSR count). The van der Waals surface area contributed by atoms with Crippen LogP contribution in [0, 0.1) is 13.8 Å². The van der Waals surface area contributed by atoms with Crippen LogP contribution in [0.25, 0.3) is 0 Å². The van der Waals surface area contributed by atoms with E-state index in [-0.39, 0.29) is 24.0 Å². The Kier molecular flexibility index (Phi) is 7.55. The Hall–Kier alpha value is -1.97. The number of nitrogens with one attached hydrogen (secondary N) is 1. The molecular weight excluding hydrogens is 445 g/mol. The van der Waals surface area contributed by atoms with E-state index in [4.69, 9.17) is 15.2 Å². The maximum atomic E-state index is 5.97. The summed E-state index contributed by atoms with van der Waals surface area (Å²) >= 11 is 0. The third-order valence-electron chi connectivity index (χ3n) is 3.93. The fraction of sp³-hybridized carbons (Fsp3) is 0.444. The first-order valence-electron chi connectivity index (χ1n) is 8.59. The summed E-state index contributed by atoms with van der Waals surface area (Å²) < 4.78 is 13.3. The monoisotopic (exact) mass is 471 g/mol. The van der Waals surface area contributed by atoms with Crippen LogP contribution < -0.4 is 20.5 Å². The number of hydrogen-bond acceptors (Lipinski definition) is 4. The highest BCUT2D eigenvalue weighted by Gasteiger charge is 2.10. The molecule has 1 aliphatic rings. The van der Waals surface area contributed by atoms with Crippen LogP contribution in [0.2, 0.25) is 0 Å². The summed E-state index contributed by atoms with van der Waals surface area (Å²) in [5.41, 5.74) is 9.01. The average Bonchev–Trinajstić information content (AvgIpc) is 2.77. The van der Waals surface area contributed by atoms with Crippen LogP contribution in [0.1, 0.15) is 24.2 Å². The molecule has 0 amide bonds. The van der Waals surface area contributed by atoms with E-state index >= 15 is 0 Å². The Morgan fingerprint density at radius 3 is 2.73 bits per heavy atom. The first-order valence-corrected chi connectivity index (χ1v) is 8.59. The van der Waals surface area contributed by atoms with Gasteiger partial charge in [0.2, 0.25) is 0 Å². The number of anilines is 1. The number of fused-ring (bicyclic) bond motifs is 1. The molecule has 1 aromatic heterocycles. The normalized spacial score (nSPS) is 13.7. The molecule has 0 saturated carbocycles. The average molecular weight is 471 g/mol. The van der Waals surface area contributed by atoms with Crippen molar-refractivity contribution in [3.63, 3.8) is 0 Å². The van der Waals surface area contributed by atoms with Gasteiger partial charge in [-0.25, -0.2) is 0 Å². The van der Waals surface area contributed by atoms with Gasteiger partial charge in [-0.3, -0.25) is 9.67 Å². The zero-order valence-electron chi connectivity index (χ0n) is 15.2. The van der Waals surface area contributed by atoms with Crippen molar-refractivity contribution >= 4 is 35.6 Å². The molecule has 142 valence electrons. The first-order chi connectivity index (χ1) is 12.1. The summed E-state index contributed by atoms with van der Waals surface area (Å²) in [7, 11) is 0. The number of guanidine groups is 1. The van der Waals surface area contributed by atoms with Gasteiger partial charge >= 0.3 is 0 Å². The van der Waals surface area contributed by atoms with Crippen molar-refractivity contribution < 1.29 is 9.47 Å². The highest BCUT2D eigenvalue weighted by Crippen LogP contribution is 2.32. The molecule has 1 aliphatic heterocycles. The van der Waals surface area contributed by atoms with E-state index in [1.165, 1.54) is 5.69 Å². The molecule has 0 bridgehead atoms. The van der Waals surface area contributed by atoms with Crippen molar-refractivity contribution in [1.29, 1.82) is 0 Å². The van der Waals surface area contributed by atoms with Gasteiger partial charge in [-0.15, -0.1) is 24.0 Å². The van der Waals surface area contributed by atoms with E-state index in [2.05, 4.69) is 28.4 Å².